The molecule has 1 aromatic heterocycles. The molecule has 294 valence electrons. The number of carbonyl (C=O) groups is 4. The molecule has 0 saturated heterocycles. The summed E-state index contributed by atoms with van der Waals surface area (Å²) in [6.07, 6.45) is 3.83. The van der Waals surface area contributed by atoms with Gasteiger partial charge in [-0.25, -0.2) is 8.42 Å². The van der Waals surface area contributed by atoms with Crippen LogP contribution in [-0.2, 0) is 35.6 Å². The van der Waals surface area contributed by atoms with Crippen LogP contribution in [0.15, 0.2) is 47.5 Å². The number of aliphatic hydroxyl groups excluding tert-OH is 1. The van der Waals surface area contributed by atoms with Gasteiger partial charge < -0.3 is 47.9 Å². The number of hydrogen-bond donors (Lipinski definition) is 10. The van der Waals surface area contributed by atoms with Crippen LogP contribution in [0.25, 0.3) is 11.3 Å². The number of aryl methyl sites for hydroxylation is 1. The second kappa shape index (κ2) is 22.3. The Balaban J connectivity index is 2.11. The van der Waals surface area contributed by atoms with Gasteiger partial charge in [-0.3, -0.25) is 24.2 Å². The van der Waals surface area contributed by atoms with Crippen LogP contribution in [0.4, 0.5) is 0 Å². The second-order valence-electron chi connectivity index (χ2n) is 12.9. The number of nitrogens with one attached hydrogen (secondary N) is 5. The van der Waals surface area contributed by atoms with Gasteiger partial charge in [0.05, 0.1) is 17.7 Å². The fourth-order valence-electron chi connectivity index (χ4n) is 5.08. The number of carbonyl (C=O) groups excluding carboxylic acids is 4. The Labute approximate surface area is 311 Å². The Bertz CT molecular complexity index is 1580. The molecule has 0 aliphatic carbocycles. The van der Waals surface area contributed by atoms with E-state index in [0.717, 1.165) is 24.8 Å². The number of nitrogens with zero attached hydrogens (tertiary/aromatic N) is 1. The molecule has 0 aliphatic rings. The van der Waals surface area contributed by atoms with E-state index in [9.17, 15) is 42.8 Å². The average molecular weight is 763 g/mol. The molecular formula is C34H55BN8O9S. The van der Waals surface area contributed by atoms with Crippen LogP contribution in [0.5, 0.6) is 0 Å². The summed E-state index contributed by atoms with van der Waals surface area (Å²) >= 11 is 0. The number of rotatable bonds is 23. The summed E-state index contributed by atoms with van der Waals surface area (Å²) in [4.78, 5) is 56.4. The number of hydrogen-bond acceptors (Lipinski definition) is 12. The maximum absolute atomic E-state index is 13.3. The molecule has 19 heteroatoms. The van der Waals surface area contributed by atoms with Crippen molar-refractivity contribution in [3.63, 3.8) is 0 Å². The number of aliphatic hydroxyl groups is 1. The minimum Gasteiger partial charge on any atom is -0.426 e. The SMILES string of the molecule is CCCCc1ccc(-c2ccc(S(=O)(=O)N[C@@H](CCN)C(=O)N[C@H](C(=O)N[C@@H](C)C(=O)N[C@@H](CCCCN)C(=O)N[C@@H](C)B(O)O)[C@@H](C)O)cn2)cc1. The lowest BCUT2D eigenvalue weighted by molar-refractivity contribution is -0.135. The molecule has 6 atom stereocenters. The fourth-order valence-corrected chi connectivity index (χ4v) is 6.26. The van der Waals surface area contributed by atoms with Gasteiger partial charge in [-0.1, -0.05) is 37.6 Å². The first-order chi connectivity index (χ1) is 25.0. The van der Waals surface area contributed by atoms with Crippen molar-refractivity contribution in [2.24, 2.45) is 11.5 Å². The number of nitrogens with two attached hydrogens (primary N) is 2. The third-order valence-electron chi connectivity index (χ3n) is 8.40. The van der Waals surface area contributed by atoms with Gasteiger partial charge in [0.2, 0.25) is 33.7 Å². The smallest absolute Gasteiger partial charge is 0.426 e. The van der Waals surface area contributed by atoms with Gasteiger partial charge in [0.15, 0.2) is 0 Å². The van der Waals surface area contributed by atoms with Gasteiger partial charge in [-0.05, 0) is 90.1 Å². The summed E-state index contributed by atoms with van der Waals surface area (Å²) in [5, 5.41) is 38.7. The molecule has 0 bridgehead atoms. The summed E-state index contributed by atoms with van der Waals surface area (Å²) in [5.74, 6) is -4.42. The summed E-state index contributed by atoms with van der Waals surface area (Å²) in [7, 11) is -6.14. The first-order valence-electron chi connectivity index (χ1n) is 17.8. The van der Waals surface area contributed by atoms with E-state index >= 15 is 0 Å². The molecule has 0 radical (unpaired) electrons. The van der Waals surface area contributed by atoms with Crippen LogP contribution in [-0.4, -0.2) is 109 Å². The Hall–Kier alpha value is -3.98. The molecule has 4 amide bonds. The van der Waals surface area contributed by atoms with Crippen molar-refractivity contribution in [1.29, 1.82) is 0 Å². The van der Waals surface area contributed by atoms with Crippen LogP contribution in [0, 0.1) is 0 Å². The van der Waals surface area contributed by atoms with Crippen LogP contribution in [0.1, 0.15) is 71.8 Å². The number of benzene rings is 1. The molecule has 12 N–H and O–H groups in total. The van der Waals surface area contributed by atoms with Crippen molar-refractivity contribution < 1.29 is 42.8 Å². The molecule has 2 rings (SSSR count). The maximum atomic E-state index is 13.3. The Kier molecular flexibility index (Phi) is 19.0. The highest BCUT2D eigenvalue weighted by Crippen LogP contribution is 2.20. The van der Waals surface area contributed by atoms with Gasteiger partial charge >= 0.3 is 7.12 Å². The molecule has 0 spiro atoms. The van der Waals surface area contributed by atoms with E-state index in [1.54, 1.807) is 6.07 Å². The topological polar surface area (TPSA) is 288 Å². The van der Waals surface area contributed by atoms with E-state index in [-0.39, 0.29) is 24.3 Å². The molecule has 2 aromatic rings. The van der Waals surface area contributed by atoms with Gasteiger partial charge in [0.1, 0.15) is 29.1 Å². The zero-order valence-corrected chi connectivity index (χ0v) is 31.6. The standard InChI is InChI=1S/C34H55BN8O9S/c1-5-6-9-24-11-13-25(14-12-24)27-16-15-26(20-38-27)53(51,52)43-29(17-19-37)33(47)42-30(22(3)44)34(48)39-21(2)31(45)41-28(10-7-8-18-36)32(46)40-23(4)35(49)50/h11-16,20-23,28-30,43-44,49-50H,5-10,17-19,36-37H2,1-4H3,(H,39,48)(H,40,46)(H,41,45)(H,42,47)/t21-,22+,23-,28-,29-,30-/m0/s1. The Morgan fingerprint density at radius 3 is 2.00 bits per heavy atom. The number of pyridine rings is 1. The van der Waals surface area contributed by atoms with Gasteiger partial charge in [0, 0.05) is 11.8 Å². The fraction of sp³-hybridized carbons (Fsp3) is 0.559. The molecule has 0 saturated carbocycles. The highest BCUT2D eigenvalue weighted by molar-refractivity contribution is 7.89. The normalized spacial score (nSPS) is 14.9. The predicted molar refractivity (Wildman–Crippen MR) is 200 cm³/mol. The van der Waals surface area contributed by atoms with Crippen LogP contribution in [0.3, 0.4) is 0 Å². The molecule has 0 aliphatic heterocycles. The van der Waals surface area contributed by atoms with Crippen molar-refractivity contribution in [1.82, 2.24) is 31.0 Å². The van der Waals surface area contributed by atoms with Crippen molar-refractivity contribution in [2.75, 3.05) is 13.1 Å². The summed E-state index contributed by atoms with van der Waals surface area (Å²) in [5.41, 5.74) is 13.8. The van der Waals surface area contributed by atoms with E-state index < -0.39 is 77.0 Å². The molecule has 17 nitrogen and oxygen atoms in total. The Morgan fingerprint density at radius 1 is 0.792 bits per heavy atom. The molecular weight excluding hydrogens is 707 g/mol. The minimum absolute atomic E-state index is 0.106. The highest BCUT2D eigenvalue weighted by atomic mass is 32.2. The number of unbranched alkanes of at least 4 members (excludes halogenated alkanes) is 2. The largest absolute Gasteiger partial charge is 0.475 e. The molecule has 53 heavy (non-hydrogen) atoms. The molecule has 0 fully saturated rings. The van der Waals surface area contributed by atoms with Crippen molar-refractivity contribution in [3.05, 3.63) is 48.2 Å². The van der Waals surface area contributed by atoms with E-state index in [1.165, 1.54) is 38.6 Å². The predicted octanol–water partition coefficient (Wildman–Crippen LogP) is -1.41. The summed E-state index contributed by atoms with van der Waals surface area (Å²) in [6.45, 7) is 6.26. The first-order valence-corrected chi connectivity index (χ1v) is 19.3. The van der Waals surface area contributed by atoms with Crippen molar-refractivity contribution in [2.45, 2.75) is 114 Å². The van der Waals surface area contributed by atoms with Crippen LogP contribution >= 0.6 is 0 Å². The van der Waals surface area contributed by atoms with E-state index in [0.29, 0.717) is 25.1 Å². The number of amides is 4. The summed E-state index contributed by atoms with van der Waals surface area (Å²) in [6, 6.07) is 5.32. The van der Waals surface area contributed by atoms with Gasteiger partial charge in [0.25, 0.3) is 0 Å². The zero-order valence-electron chi connectivity index (χ0n) is 30.7. The quantitative estimate of drug-likeness (QED) is 0.0462. The van der Waals surface area contributed by atoms with Crippen molar-refractivity contribution in [3.8, 4) is 11.3 Å². The maximum Gasteiger partial charge on any atom is 0.475 e. The Morgan fingerprint density at radius 2 is 1.45 bits per heavy atom. The highest BCUT2D eigenvalue weighted by Gasteiger charge is 2.33. The summed E-state index contributed by atoms with van der Waals surface area (Å²) < 4.78 is 28.9. The third kappa shape index (κ3) is 14.8. The van der Waals surface area contributed by atoms with Crippen LogP contribution < -0.4 is 37.5 Å². The lowest BCUT2D eigenvalue weighted by Gasteiger charge is -2.26. The van der Waals surface area contributed by atoms with Crippen LogP contribution in [0.2, 0.25) is 0 Å². The number of aromatic nitrogens is 1. The third-order valence-corrected chi connectivity index (χ3v) is 9.85. The zero-order chi connectivity index (χ0) is 39.7. The number of sulfonamides is 1. The molecule has 1 heterocycles. The average Bonchev–Trinajstić information content (AvgIpc) is 3.12. The second-order valence-corrected chi connectivity index (χ2v) is 14.7. The van der Waals surface area contributed by atoms with Crippen molar-refractivity contribution >= 4 is 40.8 Å². The first kappa shape index (κ1) is 45.2. The monoisotopic (exact) mass is 762 g/mol. The van der Waals surface area contributed by atoms with E-state index in [4.69, 9.17) is 11.5 Å². The van der Waals surface area contributed by atoms with E-state index in [1.807, 2.05) is 24.3 Å². The lowest BCUT2D eigenvalue weighted by atomic mass is 9.81. The minimum atomic E-state index is -4.30. The molecule has 1 aromatic carbocycles. The van der Waals surface area contributed by atoms with Gasteiger partial charge in [-0.2, -0.15) is 4.72 Å². The molecule has 0 unspecified atom stereocenters. The van der Waals surface area contributed by atoms with E-state index in [2.05, 4.69) is 37.9 Å². The van der Waals surface area contributed by atoms with Gasteiger partial charge in [-0.15, -0.1) is 0 Å². The lowest BCUT2D eigenvalue weighted by Crippen LogP contribution is -2.60.